The van der Waals surface area contributed by atoms with Crippen LogP contribution in [-0.4, -0.2) is 9.97 Å². The van der Waals surface area contributed by atoms with Crippen LogP contribution in [0.15, 0.2) is 40.1 Å². The molecule has 0 spiro atoms. The summed E-state index contributed by atoms with van der Waals surface area (Å²) in [4.78, 5) is 26.4. The minimum atomic E-state index is -0.574. The van der Waals surface area contributed by atoms with Crippen LogP contribution < -0.4 is 16.6 Å². The Kier molecular flexibility index (Phi) is 2.55. The van der Waals surface area contributed by atoms with E-state index in [4.69, 9.17) is 0 Å². The Balaban J connectivity index is 2.30. The van der Waals surface area contributed by atoms with E-state index in [0.717, 1.165) is 0 Å². The van der Waals surface area contributed by atoms with Gasteiger partial charge in [-0.2, -0.15) is 0 Å². The summed E-state index contributed by atoms with van der Waals surface area (Å²) in [6.07, 6.45) is 1.25. The lowest BCUT2D eigenvalue weighted by atomic mass is 10.3. The second kappa shape index (κ2) is 4.01. The molecule has 0 saturated carbocycles. The van der Waals surface area contributed by atoms with Gasteiger partial charge in [-0.15, -0.1) is 0 Å². The predicted octanol–water partition coefficient (Wildman–Crippen LogP) is 0.946. The highest BCUT2D eigenvalue weighted by Gasteiger charge is 2.00. The molecule has 2 aromatic rings. The van der Waals surface area contributed by atoms with Gasteiger partial charge in [0.15, 0.2) is 0 Å². The van der Waals surface area contributed by atoms with Crippen LogP contribution in [0.1, 0.15) is 0 Å². The van der Waals surface area contributed by atoms with E-state index in [2.05, 4.69) is 15.3 Å². The van der Waals surface area contributed by atoms with Crippen LogP contribution in [0.3, 0.4) is 0 Å². The first-order chi connectivity index (χ1) is 7.65. The van der Waals surface area contributed by atoms with Gasteiger partial charge < -0.3 is 10.3 Å². The van der Waals surface area contributed by atoms with E-state index in [1.54, 1.807) is 0 Å². The molecular formula is C10H8FN3O2. The largest absolute Gasteiger partial charge is 0.350 e. The van der Waals surface area contributed by atoms with Crippen molar-refractivity contribution in [2.75, 3.05) is 5.32 Å². The monoisotopic (exact) mass is 221 g/mol. The van der Waals surface area contributed by atoms with E-state index in [9.17, 15) is 14.0 Å². The summed E-state index contributed by atoms with van der Waals surface area (Å²) in [5, 5.41) is 2.75. The Morgan fingerprint density at radius 2 is 1.81 bits per heavy atom. The summed E-state index contributed by atoms with van der Waals surface area (Å²) < 4.78 is 12.6. The molecule has 1 aromatic heterocycles. The second-order valence-corrected chi connectivity index (χ2v) is 3.12. The minimum Gasteiger partial charge on any atom is -0.350 e. The van der Waals surface area contributed by atoms with E-state index in [1.807, 2.05) is 0 Å². The molecule has 0 bridgehead atoms. The highest BCUT2D eigenvalue weighted by molar-refractivity contribution is 5.57. The number of anilines is 2. The summed E-state index contributed by atoms with van der Waals surface area (Å²) in [5.41, 5.74) is -0.368. The van der Waals surface area contributed by atoms with Crippen LogP contribution in [-0.2, 0) is 0 Å². The van der Waals surface area contributed by atoms with Crippen molar-refractivity contribution >= 4 is 11.4 Å². The quantitative estimate of drug-likeness (QED) is 0.706. The van der Waals surface area contributed by atoms with Gasteiger partial charge in [-0.05, 0) is 24.3 Å². The zero-order valence-corrected chi connectivity index (χ0v) is 8.08. The number of hydrogen-bond donors (Lipinski definition) is 3. The number of rotatable bonds is 2. The molecule has 5 nitrogen and oxygen atoms in total. The number of aromatic nitrogens is 2. The van der Waals surface area contributed by atoms with Crippen LogP contribution in [0.2, 0.25) is 0 Å². The summed E-state index contributed by atoms with van der Waals surface area (Å²) in [6, 6.07) is 5.50. The van der Waals surface area contributed by atoms with Crippen molar-refractivity contribution in [3.8, 4) is 0 Å². The molecule has 0 atom stereocenters. The molecule has 0 fully saturated rings. The van der Waals surface area contributed by atoms with Gasteiger partial charge in [0, 0.05) is 11.9 Å². The zero-order chi connectivity index (χ0) is 11.5. The lowest BCUT2D eigenvalue weighted by molar-refractivity contribution is 0.628. The molecule has 82 valence electrons. The normalized spacial score (nSPS) is 10.1. The lowest BCUT2D eigenvalue weighted by Gasteiger charge is -2.03. The van der Waals surface area contributed by atoms with Crippen LogP contribution >= 0.6 is 0 Å². The summed E-state index contributed by atoms with van der Waals surface area (Å²) in [6.45, 7) is 0. The van der Waals surface area contributed by atoms with Crippen LogP contribution in [0, 0.1) is 5.82 Å². The third-order valence-corrected chi connectivity index (χ3v) is 1.94. The van der Waals surface area contributed by atoms with Crippen molar-refractivity contribution in [1.82, 2.24) is 9.97 Å². The van der Waals surface area contributed by atoms with E-state index in [-0.39, 0.29) is 11.5 Å². The molecule has 16 heavy (non-hydrogen) atoms. The molecule has 0 aliphatic rings. The van der Waals surface area contributed by atoms with Gasteiger partial charge >= 0.3 is 5.69 Å². The highest BCUT2D eigenvalue weighted by Crippen LogP contribution is 2.11. The van der Waals surface area contributed by atoms with Crippen molar-refractivity contribution < 1.29 is 4.39 Å². The molecule has 6 heteroatoms. The Morgan fingerprint density at radius 1 is 1.12 bits per heavy atom. The molecule has 0 aliphatic heterocycles. The number of aromatic amines is 2. The Bertz CT molecular complexity index is 600. The van der Waals surface area contributed by atoms with Gasteiger partial charge in [0.2, 0.25) is 0 Å². The maximum atomic E-state index is 12.6. The fraction of sp³-hybridized carbons (Fsp3) is 0. The van der Waals surface area contributed by atoms with Gasteiger partial charge in [-0.1, -0.05) is 0 Å². The topological polar surface area (TPSA) is 77.8 Å². The standard InChI is InChI=1S/C10H8FN3O2/c11-6-1-3-7(4-2-6)13-8-5-12-10(16)14-9(8)15/h1-5,13H,(H2,12,14,15,16). The van der Waals surface area contributed by atoms with Crippen LogP contribution in [0.25, 0.3) is 0 Å². The summed E-state index contributed by atoms with van der Waals surface area (Å²) in [7, 11) is 0. The Hall–Kier alpha value is -2.37. The third kappa shape index (κ3) is 2.17. The van der Waals surface area contributed by atoms with E-state index >= 15 is 0 Å². The first kappa shape index (κ1) is 10.2. The number of H-pyrrole nitrogens is 2. The van der Waals surface area contributed by atoms with E-state index < -0.39 is 11.2 Å². The van der Waals surface area contributed by atoms with Gasteiger partial charge in [-0.25, -0.2) is 9.18 Å². The third-order valence-electron chi connectivity index (χ3n) is 1.94. The fourth-order valence-electron chi connectivity index (χ4n) is 1.19. The summed E-state index contributed by atoms with van der Waals surface area (Å²) >= 11 is 0. The number of hydrogen-bond acceptors (Lipinski definition) is 3. The molecule has 2 rings (SSSR count). The van der Waals surface area contributed by atoms with Crippen LogP contribution in [0.5, 0.6) is 0 Å². The summed E-state index contributed by atoms with van der Waals surface area (Å²) in [5.74, 6) is -0.360. The lowest BCUT2D eigenvalue weighted by Crippen LogP contribution is -2.23. The minimum absolute atomic E-state index is 0.186. The van der Waals surface area contributed by atoms with Gasteiger partial charge in [0.1, 0.15) is 11.5 Å². The molecule has 3 N–H and O–H groups in total. The Labute approximate surface area is 89.0 Å². The number of nitrogens with one attached hydrogen (secondary N) is 3. The van der Waals surface area contributed by atoms with Gasteiger partial charge in [-0.3, -0.25) is 9.78 Å². The zero-order valence-electron chi connectivity index (χ0n) is 8.08. The molecule has 1 heterocycles. The fourth-order valence-corrected chi connectivity index (χ4v) is 1.19. The first-order valence-electron chi connectivity index (χ1n) is 4.50. The van der Waals surface area contributed by atoms with Gasteiger partial charge in [0.25, 0.3) is 5.56 Å². The van der Waals surface area contributed by atoms with E-state index in [1.165, 1.54) is 30.5 Å². The molecule has 0 saturated heterocycles. The van der Waals surface area contributed by atoms with Crippen molar-refractivity contribution in [2.45, 2.75) is 0 Å². The SMILES string of the molecule is O=c1[nH]cc(Nc2ccc(F)cc2)c(=O)[nH]1. The molecule has 0 radical (unpaired) electrons. The molecule has 0 amide bonds. The predicted molar refractivity (Wildman–Crippen MR) is 57.4 cm³/mol. The maximum absolute atomic E-state index is 12.6. The van der Waals surface area contributed by atoms with Gasteiger partial charge in [0.05, 0.1) is 0 Å². The molecule has 1 aromatic carbocycles. The van der Waals surface area contributed by atoms with Crippen molar-refractivity contribution in [3.63, 3.8) is 0 Å². The Morgan fingerprint density at radius 3 is 2.44 bits per heavy atom. The second-order valence-electron chi connectivity index (χ2n) is 3.12. The van der Waals surface area contributed by atoms with Crippen molar-refractivity contribution in [2.24, 2.45) is 0 Å². The number of benzene rings is 1. The van der Waals surface area contributed by atoms with Crippen LogP contribution in [0.4, 0.5) is 15.8 Å². The first-order valence-corrected chi connectivity index (χ1v) is 4.50. The highest BCUT2D eigenvalue weighted by atomic mass is 19.1. The maximum Gasteiger partial charge on any atom is 0.325 e. The van der Waals surface area contributed by atoms with Crippen molar-refractivity contribution in [1.29, 1.82) is 0 Å². The molecular weight excluding hydrogens is 213 g/mol. The average Bonchev–Trinajstić information content (AvgIpc) is 2.25. The smallest absolute Gasteiger partial charge is 0.325 e. The average molecular weight is 221 g/mol. The number of halogens is 1. The van der Waals surface area contributed by atoms with Crippen molar-refractivity contribution in [3.05, 3.63) is 57.1 Å². The molecule has 0 aliphatic carbocycles. The molecule has 0 unspecified atom stereocenters. The van der Waals surface area contributed by atoms with E-state index in [0.29, 0.717) is 5.69 Å².